The molecule has 0 radical (unpaired) electrons. The lowest BCUT2D eigenvalue weighted by atomic mass is 10.1. The van der Waals surface area contributed by atoms with Gasteiger partial charge in [-0.3, -0.25) is 0 Å². The molecule has 2 rings (SSSR count). The highest BCUT2D eigenvalue weighted by Gasteiger charge is 2.10. The van der Waals surface area contributed by atoms with Crippen molar-refractivity contribution >= 4 is 27.3 Å². The van der Waals surface area contributed by atoms with Gasteiger partial charge < -0.3 is 10.4 Å². The minimum Gasteiger partial charge on any atom is -0.394 e. The van der Waals surface area contributed by atoms with Crippen molar-refractivity contribution < 1.29 is 5.11 Å². The fourth-order valence-electron chi connectivity index (χ4n) is 1.80. The van der Waals surface area contributed by atoms with Crippen molar-refractivity contribution in [2.24, 2.45) is 0 Å². The van der Waals surface area contributed by atoms with Gasteiger partial charge >= 0.3 is 0 Å². The Morgan fingerprint density at radius 3 is 2.61 bits per heavy atom. The summed E-state index contributed by atoms with van der Waals surface area (Å²) in [5, 5.41) is 12.8. The van der Waals surface area contributed by atoms with Crippen LogP contribution in [0, 0.1) is 6.92 Å². The van der Waals surface area contributed by atoms with Gasteiger partial charge in [0, 0.05) is 20.8 Å². The second-order valence-electron chi connectivity index (χ2n) is 4.14. The molecule has 0 saturated carbocycles. The summed E-state index contributed by atoms with van der Waals surface area (Å²) in [6.45, 7) is 2.98. The van der Waals surface area contributed by atoms with Gasteiger partial charge in [0.05, 0.1) is 12.6 Å². The van der Waals surface area contributed by atoms with E-state index < -0.39 is 0 Å². The van der Waals surface area contributed by atoms with Crippen molar-refractivity contribution in [2.75, 3.05) is 6.61 Å². The van der Waals surface area contributed by atoms with Crippen molar-refractivity contribution in [1.82, 2.24) is 5.32 Å². The highest BCUT2D eigenvalue weighted by molar-refractivity contribution is 9.10. The summed E-state index contributed by atoms with van der Waals surface area (Å²) in [5.41, 5.74) is 1.12. The highest BCUT2D eigenvalue weighted by Crippen LogP contribution is 2.26. The van der Waals surface area contributed by atoms with Crippen LogP contribution in [-0.2, 0) is 6.54 Å². The maximum Gasteiger partial charge on any atom is 0.0626 e. The summed E-state index contributed by atoms with van der Waals surface area (Å²) in [5.74, 6) is 0. The SMILES string of the molecule is Cc1sc(CN[C@H](CO)c2ccccc2)cc1Br. The van der Waals surface area contributed by atoms with Gasteiger partial charge in [0.25, 0.3) is 0 Å². The quantitative estimate of drug-likeness (QED) is 0.879. The van der Waals surface area contributed by atoms with Crippen LogP contribution >= 0.6 is 27.3 Å². The Hall–Kier alpha value is -0.680. The van der Waals surface area contributed by atoms with Crippen molar-refractivity contribution in [1.29, 1.82) is 0 Å². The molecule has 0 spiro atoms. The summed E-state index contributed by atoms with van der Waals surface area (Å²) >= 11 is 5.29. The van der Waals surface area contributed by atoms with Crippen molar-refractivity contribution in [3.05, 3.63) is 56.2 Å². The number of hydrogen-bond donors (Lipinski definition) is 2. The molecule has 0 saturated heterocycles. The van der Waals surface area contributed by atoms with E-state index in [-0.39, 0.29) is 12.6 Å². The summed E-state index contributed by atoms with van der Waals surface area (Å²) < 4.78 is 1.16. The molecular weight excluding hydrogens is 310 g/mol. The monoisotopic (exact) mass is 325 g/mol. The van der Waals surface area contributed by atoms with Crippen molar-refractivity contribution in [2.45, 2.75) is 19.5 Å². The molecule has 4 heteroatoms. The number of hydrogen-bond acceptors (Lipinski definition) is 3. The Balaban J connectivity index is 1.99. The zero-order valence-electron chi connectivity index (χ0n) is 10.2. The third-order valence-electron chi connectivity index (χ3n) is 2.82. The first-order valence-corrected chi connectivity index (χ1v) is 7.45. The van der Waals surface area contributed by atoms with Gasteiger partial charge in [-0.25, -0.2) is 0 Å². The van der Waals surface area contributed by atoms with E-state index in [1.807, 2.05) is 30.3 Å². The van der Waals surface area contributed by atoms with Gasteiger partial charge in [0.1, 0.15) is 0 Å². The lowest BCUT2D eigenvalue weighted by Gasteiger charge is -2.15. The Bertz CT molecular complexity index is 478. The normalized spacial score (nSPS) is 12.6. The number of aryl methyl sites for hydroxylation is 1. The van der Waals surface area contributed by atoms with Crippen LogP contribution in [0.4, 0.5) is 0 Å². The van der Waals surface area contributed by atoms with E-state index in [0.717, 1.165) is 16.6 Å². The molecule has 0 unspecified atom stereocenters. The number of rotatable bonds is 5. The maximum atomic E-state index is 9.45. The predicted octanol–water partition coefficient (Wildman–Crippen LogP) is 3.64. The van der Waals surface area contributed by atoms with Gasteiger partial charge in [-0.2, -0.15) is 0 Å². The predicted molar refractivity (Wildman–Crippen MR) is 79.9 cm³/mol. The first-order valence-electron chi connectivity index (χ1n) is 5.84. The number of aliphatic hydroxyl groups excluding tert-OH is 1. The zero-order valence-corrected chi connectivity index (χ0v) is 12.6. The van der Waals surface area contributed by atoms with E-state index in [2.05, 4.69) is 34.2 Å². The summed E-state index contributed by atoms with van der Waals surface area (Å²) in [7, 11) is 0. The Labute approximate surface area is 120 Å². The molecule has 1 aromatic carbocycles. The molecule has 0 aliphatic heterocycles. The third kappa shape index (κ3) is 3.42. The van der Waals surface area contributed by atoms with Gasteiger partial charge in [-0.05, 0) is 34.5 Å². The average molecular weight is 326 g/mol. The number of aliphatic hydroxyl groups is 1. The van der Waals surface area contributed by atoms with Crippen LogP contribution in [-0.4, -0.2) is 11.7 Å². The first-order chi connectivity index (χ1) is 8.70. The smallest absolute Gasteiger partial charge is 0.0626 e. The van der Waals surface area contributed by atoms with E-state index in [4.69, 9.17) is 0 Å². The number of thiophene rings is 1. The molecule has 0 amide bonds. The summed E-state index contributed by atoms with van der Waals surface area (Å²) in [4.78, 5) is 2.56. The van der Waals surface area contributed by atoms with E-state index in [0.29, 0.717) is 0 Å². The average Bonchev–Trinajstić information content (AvgIpc) is 2.71. The van der Waals surface area contributed by atoms with E-state index in [1.54, 1.807) is 11.3 Å². The summed E-state index contributed by atoms with van der Waals surface area (Å²) in [6, 6.07) is 12.2. The van der Waals surface area contributed by atoms with Crippen LogP contribution < -0.4 is 5.32 Å². The van der Waals surface area contributed by atoms with Crippen LogP contribution in [0.2, 0.25) is 0 Å². The molecule has 1 atom stereocenters. The lowest BCUT2D eigenvalue weighted by Crippen LogP contribution is -2.23. The molecule has 2 N–H and O–H groups in total. The summed E-state index contributed by atoms with van der Waals surface area (Å²) in [6.07, 6.45) is 0. The van der Waals surface area contributed by atoms with Gasteiger partial charge in [0.2, 0.25) is 0 Å². The van der Waals surface area contributed by atoms with Crippen LogP contribution in [0.5, 0.6) is 0 Å². The second-order valence-corrected chi connectivity index (χ2v) is 6.34. The molecule has 2 aromatic rings. The Morgan fingerprint density at radius 1 is 1.33 bits per heavy atom. The molecule has 2 nitrogen and oxygen atoms in total. The molecule has 0 fully saturated rings. The molecule has 1 aromatic heterocycles. The Kier molecular flexibility index (Phi) is 4.95. The van der Waals surface area contributed by atoms with Gasteiger partial charge in [-0.1, -0.05) is 30.3 Å². The largest absolute Gasteiger partial charge is 0.394 e. The minimum atomic E-state index is -0.00705. The van der Waals surface area contributed by atoms with Crippen LogP contribution in [0.1, 0.15) is 21.4 Å². The number of benzene rings is 1. The van der Waals surface area contributed by atoms with Gasteiger partial charge in [-0.15, -0.1) is 11.3 Å². The Morgan fingerprint density at radius 2 is 2.06 bits per heavy atom. The highest BCUT2D eigenvalue weighted by atomic mass is 79.9. The molecular formula is C14H16BrNOS. The standard InChI is InChI=1S/C14H16BrNOS/c1-10-13(15)7-12(18-10)8-16-14(9-17)11-5-3-2-4-6-11/h2-7,14,16-17H,8-9H2,1H3/t14-/m1/s1. The van der Waals surface area contributed by atoms with Crippen molar-refractivity contribution in [3.63, 3.8) is 0 Å². The van der Waals surface area contributed by atoms with E-state index in [9.17, 15) is 5.11 Å². The van der Waals surface area contributed by atoms with E-state index in [1.165, 1.54) is 9.75 Å². The van der Waals surface area contributed by atoms with Crippen molar-refractivity contribution in [3.8, 4) is 0 Å². The molecule has 0 aliphatic rings. The van der Waals surface area contributed by atoms with E-state index >= 15 is 0 Å². The fourth-order valence-corrected chi connectivity index (χ4v) is 3.35. The molecule has 1 heterocycles. The van der Waals surface area contributed by atoms with Crippen LogP contribution in [0.3, 0.4) is 0 Å². The second kappa shape index (κ2) is 6.48. The molecule has 0 bridgehead atoms. The van der Waals surface area contributed by atoms with Gasteiger partial charge in [0.15, 0.2) is 0 Å². The minimum absolute atomic E-state index is 0.00705. The maximum absolute atomic E-state index is 9.45. The molecule has 96 valence electrons. The first kappa shape index (κ1) is 13.7. The third-order valence-corrected chi connectivity index (χ3v) is 4.95. The topological polar surface area (TPSA) is 32.3 Å². The lowest BCUT2D eigenvalue weighted by molar-refractivity contribution is 0.244. The zero-order chi connectivity index (χ0) is 13.0. The fraction of sp³-hybridized carbons (Fsp3) is 0.286. The molecule has 18 heavy (non-hydrogen) atoms. The molecule has 0 aliphatic carbocycles. The number of nitrogens with one attached hydrogen (secondary N) is 1. The van der Waals surface area contributed by atoms with Crippen LogP contribution in [0.25, 0.3) is 0 Å². The van der Waals surface area contributed by atoms with Crippen LogP contribution in [0.15, 0.2) is 40.9 Å². The number of halogens is 1.